The number of anilines is 1. The van der Waals surface area contributed by atoms with E-state index >= 15 is 0 Å². The summed E-state index contributed by atoms with van der Waals surface area (Å²) >= 11 is 0. The molecule has 88 valence electrons. The Bertz CT molecular complexity index is 530. The van der Waals surface area contributed by atoms with Crippen LogP contribution in [0.15, 0.2) is 30.5 Å². The molecule has 2 nitrogen and oxygen atoms in total. The monoisotopic (exact) mass is 226 g/mol. The molecule has 0 atom stereocenters. The summed E-state index contributed by atoms with van der Waals surface area (Å²) in [5, 5.41) is 3.25. The molecule has 0 spiro atoms. The van der Waals surface area contributed by atoms with E-state index in [-0.39, 0.29) is 0 Å². The zero-order valence-electron chi connectivity index (χ0n) is 10.8. The standard InChI is InChI=1S/C15H18N2/c1-10-11(2)13(9-15(16-4)12(10)3)14-7-5-6-8-17-14/h5-9,16H,1-4H3. The molecule has 17 heavy (non-hydrogen) atoms. The molecule has 0 radical (unpaired) electrons. The minimum absolute atomic E-state index is 1.03. The maximum Gasteiger partial charge on any atom is 0.0705 e. The molecular formula is C15H18N2. The van der Waals surface area contributed by atoms with Crippen LogP contribution in [0.2, 0.25) is 0 Å². The fraction of sp³-hybridized carbons (Fsp3) is 0.267. The first-order valence-corrected chi connectivity index (χ1v) is 5.85. The van der Waals surface area contributed by atoms with E-state index < -0.39 is 0 Å². The average Bonchev–Trinajstić information content (AvgIpc) is 2.37. The van der Waals surface area contributed by atoms with Crippen LogP contribution < -0.4 is 5.32 Å². The molecule has 0 bridgehead atoms. The summed E-state index contributed by atoms with van der Waals surface area (Å²) in [5.74, 6) is 0. The van der Waals surface area contributed by atoms with Crippen molar-refractivity contribution in [2.75, 3.05) is 12.4 Å². The van der Waals surface area contributed by atoms with Gasteiger partial charge in [-0.15, -0.1) is 0 Å². The van der Waals surface area contributed by atoms with Gasteiger partial charge in [-0.3, -0.25) is 4.98 Å². The zero-order chi connectivity index (χ0) is 12.4. The van der Waals surface area contributed by atoms with Gasteiger partial charge in [-0.2, -0.15) is 0 Å². The molecule has 1 N–H and O–H groups in total. The second-order valence-electron chi connectivity index (χ2n) is 4.31. The number of nitrogens with zero attached hydrogens (tertiary/aromatic N) is 1. The van der Waals surface area contributed by atoms with Gasteiger partial charge < -0.3 is 5.32 Å². The van der Waals surface area contributed by atoms with Gasteiger partial charge in [0.2, 0.25) is 0 Å². The molecule has 0 aliphatic rings. The van der Waals surface area contributed by atoms with E-state index in [9.17, 15) is 0 Å². The second kappa shape index (κ2) is 4.58. The van der Waals surface area contributed by atoms with Crippen LogP contribution in [0.25, 0.3) is 11.3 Å². The molecule has 1 aromatic carbocycles. The summed E-state index contributed by atoms with van der Waals surface area (Å²) in [7, 11) is 1.96. The molecule has 0 saturated carbocycles. The van der Waals surface area contributed by atoms with Crippen molar-refractivity contribution in [3.63, 3.8) is 0 Å². The van der Waals surface area contributed by atoms with Crippen LogP contribution in [0, 0.1) is 20.8 Å². The molecular weight excluding hydrogens is 208 g/mol. The Morgan fingerprint density at radius 3 is 2.35 bits per heavy atom. The Hall–Kier alpha value is -1.83. The molecule has 0 amide bonds. The van der Waals surface area contributed by atoms with Crippen LogP contribution in [0.4, 0.5) is 5.69 Å². The fourth-order valence-corrected chi connectivity index (χ4v) is 2.09. The Labute approximate surface area is 103 Å². The van der Waals surface area contributed by atoms with Gasteiger partial charge in [-0.25, -0.2) is 0 Å². The minimum Gasteiger partial charge on any atom is -0.388 e. The van der Waals surface area contributed by atoms with Gasteiger partial charge in [0.05, 0.1) is 5.69 Å². The number of nitrogens with one attached hydrogen (secondary N) is 1. The van der Waals surface area contributed by atoms with Gasteiger partial charge in [0.15, 0.2) is 0 Å². The first kappa shape index (κ1) is 11.6. The van der Waals surface area contributed by atoms with Crippen molar-refractivity contribution < 1.29 is 0 Å². The number of pyridine rings is 1. The highest BCUT2D eigenvalue weighted by atomic mass is 14.8. The SMILES string of the molecule is CNc1cc(-c2ccccn2)c(C)c(C)c1C. The van der Waals surface area contributed by atoms with E-state index in [1.165, 1.54) is 27.9 Å². The van der Waals surface area contributed by atoms with Crippen molar-refractivity contribution >= 4 is 5.69 Å². The third-order valence-electron chi connectivity index (χ3n) is 3.43. The van der Waals surface area contributed by atoms with E-state index in [0.29, 0.717) is 0 Å². The van der Waals surface area contributed by atoms with Gasteiger partial charge in [0.1, 0.15) is 0 Å². The Morgan fingerprint density at radius 1 is 1.00 bits per heavy atom. The summed E-state index contributed by atoms with van der Waals surface area (Å²) < 4.78 is 0. The van der Waals surface area contributed by atoms with E-state index in [1.54, 1.807) is 0 Å². The molecule has 0 aliphatic carbocycles. The van der Waals surface area contributed by atoms with E-state index in [4.69, 9.17) is 0 Å². The Balaban J connectivity index is 2.67. The topological polar surface area (TPSA) is 24.9 Å². The van der Waals surface area contributed by atoms with Crippen LogP contribution >= 0.6 is 0 Å². The summed E-state index contributed by atoms with van der Waals surface area (Å²) in [6.07, 6.45) is 1.84. The number of rotatable bonds is 2. The summed E-state index contributed by atoms with van der Waals surface area (Å²) in [6, 6.07) is 8.20. The third kappa shape index (κ3) is 2.03. The first-order chi connectivity index (χ1) is 8.15. The van der Waals surface area contributed by atoms with Gasteiger partial charge in [-0.05, 0) is 55.7 Å². The first-order valence-electron chi connectivity index (χ1n) is 5.85. The molecule has 0 aliphatic heterocycles. The van der Waals surface area contributed by atoms with Crippen LogP contribution in [0.5, 0.6) is 0 Å². The highest BCUT2D eigenvalue weighted by molar-refractivity contribution is 5.73. The molecule has 1 heterocycles. The molecule has 2 aromatic rings. The van der Waals surface area contributed by atoms with Crippen molar-refractivity contribution in [3.8, 4) is 11.3 Å². The number of hydrogen-bond donors (Lipinski definition) is 1. The van der Waals surface area contributed by atoms with Crippen LogP contribution in [0.3, 0.4) is 0 Å². The van der Waals surface area contributed by atoms with Crippen molar-refractivity contribution in [1.82, 2.24) is 4.98 Å². The lowest BCUT2D eigenvalue weighted by Gasteiger charge is -2.15. The molecule has 2 heteroatoms. The Morgan fingerprint density at radius 2 is 1.76 bits per heavy atom. The molecule has 0 fully saturated rings. The summed E-state index contributed by atoms with van der Waals surface area (Å²) in [6.45, 7) is 6.47. The predicted octanol–water partition coefficient (Wildman–Crippen LogP) is 3.72. The lowest BCUT2D eigenvalue weighted by molar-refractivity contribution is 1.23. The normalized spacial score (nSPS) is 10.4. The maximum atomic E-state index is 4.43. The van der Waals surface area contributed by atoms with Gasteiger partial charge >= 0.3 is 0 Å². The lowest BCUT2D eigenvalue weighted by atomic mass is 9.95. The molecule has 2 rings (SSSR count). The Kier molecular flexibility index (Phi) is 3.14. The highest BCUT2D eigenvalue weighted by Gasteiger charge is 2.10. The zero-order valence-corrected chi connectivity index (χ0v) is 10.8. The van der Waals surface area contributed by atoms with Gasteiger partial charge in [-0.1, -0.05) is 6.07 Å². The maximum absolute atomic E-state index is 4.43. The molecule has 0 saturated heterocycles. The smallest absolute Gasteiger partial charge is 0.0705 e. The van der Waals surface area contributed by atoms with Crippen LogP contribution in [-0.2, 0) is 0 Å². The third-order valence-corrected chi connectivity index (χ3v) is 3.43. The number of aromatic nitrogens is 1. The number of benzene rings is 1. The second-order valence-corrected chi connectivity index (χ2v) is 4.31. The minimum atomic E-state index is 1.03. The number of hydrogen-bond acceptors (Lipinski definition) is 2. The average molecular weight is 226 g/mol. The van der Waals surface area contributed by atoms with Crippen LogP contribution in [-0.4, -0.2) is 12.0 Å². The summed E-state index contributed by atoms with van der Waals surface area (Å²) in [4.78, 5) is 4.43. The molecule has 0 unspecified atom stereocenters. The quantitative estimate of drug-likeness (QED) is 0.844. The lowest BCUT2D eigenvalue weighted by Crippen LogP contribution is -1.99. The van der Waals surface area contributed by atoms with Crippen molar-refractivity contribution in [2.24, 2.45) is 0 Å². The molecule has 1 aromatic heterocycles. The largest absolute Gasteiger partial charge is 0.388 e. The van der Waals surface area contributed by atoms with Crippen molar-refractivity contribution in [2.45, 2.75) is 20.8 Å². The van der Waals surface area contributed by atoms with Gasteiger partial charge in [0.25, 0.3) is 0 Å². The van der Waals surface area contributed by atoms with Crippen molar-refractivity contribution in [3.05, 3.63) is 47.2 Å². The summed E-state index contributed by atoms with van der Waals surface area (Å²) in [5.41, 5.74) is 7.36. The van der Waals surface area contributed by atoms with E-state index in [2.05, 4.69) is 43.2 Å². The van der Waals surface area contributed by atoms with E-state index in [1.807, 2.05) is 25.4 Å². The van der Waals surface area contributed by atoms with E-state index in [0.717, 1.165) is 5.69 Å². The highest BCUT2D eigenvalue weighted by Crippen LogP contribution is 2.31. The van der Waals surface area contributed by atoms with Crippen molar-refractivity contribution in [1.29, 1.82) is 0 Å². The van der Waals surface area contributed by atoms with Crippen LogP contribution in [0.1, 0.15) is 16.7 Å². The fourth-order valence-electron chi connectivity index (χ4n) is 2.09. The predicted molar refractivity (Wildman–Crippen MR) is 73.4 cm³/mol. The van der Waals surface area contributed by atoms with Gasteiger partial charge in [0, 0.05) is 24.5 Å².